The van der Waals surface area contributed by atoms with Gasteiger partial charge in [0.15, 0.2) is 5.78 Å². The number of Topliss-reactive ketones (excluding diaryl/α,β-unsaturated/α-hetero) is 1. The maximum atomic E-state index is 12.8. The molecule has 2 heterocycles. The molecule has 0 bridgehead atoms. The van der Waals surface area contributed by atoms with Gasteiger partial charge in [-0.1, -0.05) is 12.1 Å². The lowest BCUT2D eigenvalue weighted by molar-refractivity contribution is -0.112. The average Bonchev–Trinajstić information content (AvgIpc) is 2.73. The molecule has 0 amide bonds. The standard InChI is InChI=1S/C19H18N2O/c22-19-17(11-15-5-3-9-20-13-15)7-1-2-8-18(19)12-16-6-4-10-21-14-16/h3-6,9-14H,1-2,7-8H2/b17-11+,18-12+. The first kappa shape index (κ1) is 14.4. The SMILES string of the molecule is O=C1/C(=C/c2cccnc2)CCCC/C1=C\c1cccnc1. The second kappa shape index (κ2) is 6.94. The Kier molecular flexibility index (Phi) is 4.54. The zero-order valence-corrected chi connectivity index (χ0v) is 12.4. The van der Waals surface area contributed by atoms with Gasteiger partial charge in [-0.3, -0.25) is 14.8 Å². The monoisotopic (exact) mass is 290 g/mol. The van der Waals surface area contributed by atoms with Crippen LogP contribution in [0.3, 0.4) is 0 Å². The second-order valence-corrected chi connectivity index (χ2v) is 5.45. The first-order valence-electron chi connectivity index (χ1n) is 7.59. The van der Waals surface area contributed by atoms with E-state index in [1.165, 1.54) is 0 Å². The van der Waals surface area contributed by atoms with Crippen molar-refractivity contribution in [1.82, 2.24) is 9.97 Å². The van der Waals surface area contributed by atoms with E-state index in [1.54, 1.807) is 24.8 Å². The summed E-state index contributed by atoms with van der Waals surface area (Å²) in [4.78, 5) is 21.0. The maximum absolute atomic E-state index is 12.8. The molecule has 2 aromatic rings. The van der Waals surface area contributed by atoms with E-state index in [9.17, 15) is 4.79 Å². The second-order valence-electron chi connectivity index (χ2n) is 5.45. The van der Waals surface area contributed by atoms with Crippen molar-refractivity contribution in [3.8, 4) is 0 Å². The highest BCUT2D eigenvalue weighted by molar-refractivity contribution is 6.13. The van der Waals surface area contributed by atoms with Gasteiger partial charge in [0.1, 0.15) is 0 Å². The van der Waals surface area contributed by atoms with Crippen molar-refractivity contribution < 1.29 is 4.79 Å². The molecule has 0 aromatic carbocycles. The molecule has 0 atom stereocenters. The van der Waals surface area contributed by atoms with Gasteiger partial charge in [-0.05, 0) is 61.1 Å². The molecule has 0 saturated heterocycles. The van der Waals surface area contributed by atoms with Crippen molar-refractivity contribution in [2.24, 2.45) is 0 Å². The summed E-state index contributed by atoms with van der Waals surface area (Å²) in [6, 6.07) is 7.73. The maximum Gasteiger partial charge on any atom is 0.185 e. The Morgan fingerprint density at radius 1 is 0.818 bits per heavy atom. The molecule has 1 fully saturated rings. The van der Waals surface area contributed by atoms with Crippen molar-refractivity contribution in [3.05, 3.63) is 71.3 Å². The van der Waals surface area contributed by atoms with Gasteiger partial charge in [0, 0.05) is 35.9 Å². The van der Waals surface area contributed by atoms with Gasteiger partial charge >= 0.3 is 0 Å². The molecule has 3 heteroatoms. The normalized spacial score (nSPS) is 19.4. The zero-order chi connectivity index (χ0) is 15.2. The van der Waals surface area contributed by atoms with Crippen LogP contribution >= 0.6 is 0 Å². The number of allylic oxidation sites excluding steroid dienone is 2. The Balaban J connectivity index is 1.91. The van der Waals surface area contributed by atoms with Gasteiger partial charge in [-0.2, -0.15) is 0 Å². The van der Waals surface area contributed by atoms with Crippen LogP contribution in [0.25, 0.3) is 12.2 Å². The van der Waals surface area contributed by atoms with Crippen LogP contribution in [-0.2, 0) is 4.79 Å². The van der Waals surface area contributed by atoms with Crippen LogP contribution in [0.5, 0.6) is 0 Å². The minimum atomic E-state index is 0.158. The summed E-state index contributed by atoms with van der Waals surface area (Å²) in [6.45, 7) is 0. The molecule has 1 aliphatic carbocycles. The van der Waals surface area contributed by atoms with Crippen LogP contribution < -0.4 is 0 Å². The van der Waals surface area contributed by atoms with E-state index in [0.717, 1.165) is 48.0 Å². The number of hydrogen-bond acceptors (Lipinski definition) is 3. The van der Waals surface area contributed by atoms with Gasteiger partial charge in [0.2, 0.25) is 0 Å². The predicted molar refractivity (Wildman–Crippen MR) is 87.9 cm³/mol. The number of carbonyl (C=O) groups is 1. The fourth-order valence-corrected chi connectivity index (χ4v) is 2.66. The summed E-state index contributed by atoms with van der Waals surface area (Å²) < 4.78 is 0. The van der Waals surface area contributed by atoms with E-state index < -0.39 is 0 Å². The zero-order valence-electron chi connectivity index (χ0n) is 12.4. The number of nitrogens with zero attached hydrogens (tertiary/aromatic N) is 2. The van der Waals surface area contributed by atoms with Gasteiger partial charge in [-0.25, -0.2) is 0 Å². The molecular formula is C19H18N2O. The largest absolute Gasteiger partial charge is 0.289 e. The molecule has 0 unspecified atom stereocenters. The van der Waals surface area contributed by atoms with Crippen LogP contribution in [0.1, 0.15) is 36.8 Å². The van der Waals surface area contributed by atoms with E-state index in [0.29, 0.717) is 0 Å². The van der Waals surface area contributed by atoms with Crippen molar-refractivity contribution in [3.63, 3.8) is 0 Å². The van der Waals surface area contributed by atoms with Crippen molar-refractivity contribution in [2.75, 3.05) is 0 Å². The number of ketones is 1. The third-order valence-corrected chi connectivity index (χ3v) is 3.78. The molecular weight excluding hydrogens is 272 g/mol. The fraction of sp³-hybridized carbons (Fsp3) is 0.211. The lowest BCUT2D eigenvalue weighted by atomic mass is 9.98. The van der Waals surface area contributed by atoms with E-state index in [4.69, 9.17) is 0 Å². The van der Waals surface area contributed by atoms with Gasteiger partial charge < -0.3 is 0 Å². The van der Waals surface area contributed by atoms with Crippen LogP contribution in [0.2, 0.25) is 0 Å². The number of rotatable bonds is 2. The summed E-state index contributed by atoms with van der Waals surface area (Å²) >= 11 is 0. The molecule has 0 spiro atoms. The van der Waals surface area contributed by atoms with E-state index in [1.807, 2.05) is 36.4 Å². The van der Waals surface area contributed by atoms with Crippen LogP contribution in [0.4, 0.5) is 0 Å². The summed E-state index contributed by atoms with van der Waals surface area (Å²) in [7, 11) is 0. The molecule has 3 nitrogen and oxygen atoms in total. The summed E-state index contributed by atoms with van der Waals surface area (Å²) in [5.41, 5.74) is 3.71. The fourth-order valence-electron chi connectivity index (χ4n) is 2.66. The molecule has 2 aromatic heterocycles. The molecule has 0 aliphatic heterocycles. The highest BCUT2D eigenvalue weighted by atomic mass is 16.1. The summed E-state index contributed by atoms with van der Waals surface area (Å²) in [5, 5.41) is 0. The summed E-state index contributed by atoms with van der Waals surface area (Å²) in [5.74, 6) is 0.158. The quantitative estimate of drug-likeness (QED) is 0.618. The van der Waals surface area contributed by atoms with Gasteiger partial charge in [0.25, 0.3) is 0 Å². The number of carbonyl (C=O) groups excluding carboxylic acids is 1. The van der Waals surface area contributed by atoms with Crippen LogP contribution in [0.15, 0.2) is 60.2 Å². The topological polar surface area (TPSA) is 42.9 Å². The Bertz CT molecular complexity index is 641. The van der Waals surface area contributed by atoms with Crippen molar-refractivity contribution in [2.45, 2.75) is 25.7 Å². The van der Waals surface area contributed by atoms with E-state index >= 15 is 0 Å². The smallest absolute Gasteiger partial charge is 0.185 e. The third kappa shape index (κ3) is 3.55. The van der Waals surface area contributed by atoms with Crippen molar-refractivity contribution in [1.29, 1.82) is 0 Å². The number of pyridine rings is 2. The van der Waals surface area contributed by atoms with Gasteiger partial charge in [0.05, 0.1) is 0 Å². The molecule has 0 radical (unpaired) electrons. The lowest BCUT2D eigenvalue weighted by Gasteiger charge is -2.05. The summed E-state index contributed by atoms with van der Waals surface area (Å²) in [6.07, 6.45) is 14.7. The predicted octanol–water partition coefficient (Wildman–Crippen LogP) is 4.09. The molecule has 110 valence electrons. The minimum Gasteiger partial charge on any atom is -0.289 e. The molecule has 0 N–H and O–H groups in total. The molecule has 22 heavy (non-hydrogen) atoms. The average molecular weight is 290 g/mol. The molecule has 1 aliphatic rings. The Morgan fingerprint density at radius 2 is 1.32 bits per heavy atom. The highest BCUT2D eigenvalue weighted by Crippen LogP contribution is 2.26. The van der Waals surface area contributed by atoms with E-state index in [2.05, 4.69) is 9.97 Å². The number of aromatic nitrogens is 2. The van der Waals surface area contributed by atoms with Crippen molar-refractivity contribution >= 4 is 17.9 Å². The van der Waals surface area contributed by atoms with Crippen LogP contribution in [0, 0.1) is 0 Å². The van der Waals surface area contributed by atoms with Gasteiger partial charge in [-0.15, -0.1) is 0 Å². The Morgan fingerprint density at radius 3 is 1.73 bits per heavy atom. The first-order valence-corrected chi connectivity index (χ1v) is 7.59. The third-order valence-electron chi connectivity index (χ3n) is 3.78. The first-order chi connectivity index (χ1) is 10.8. The minimum absolute atomic E-state index is 0.158. The lowest BCUT2D eigenvalue weighted by Crippen LogP contribution is -2.04. The van der Waals surface area contributed by atoms with Crippen LogP contribution in [-0.4, -0.2) is 15.8 Å². The number of hydrogen-bond donors (Lipinski definition) is 0. The van der Waals surface area contributed by atoms with E-state index in [-0.39, 0.29) is 5.78 Å². The molecule has 3 rings (SSSR count). The Labute approximate surface area is 130 Å². The highest BCUT2D eigenvalue weighted by Gasteiger charge is 2.18. The Hall–Kier alpha value is -2.55. The molecule has 1 saturated carbocycles.